The maximum Gasteiger partial charge on any atom is 0.348 e. The summed E-state index contributed by atoms with van der Waals surface area (Å²) in [6.07, 6.45) is 1.49. The summed E-state index contributed by atoms with van der Waals surface area (Å²) in [6, 6.07) is 13.0. The lowest BCUT2D eigenvalue weighted by atomic mass is 9.93. The number of carbonyl (C=O) groups excluding carboxylic acids is 2. The van der Waals surface area contributed by atoms with Crippen molar-refractivity contribution < 1.29 is 19.1 Å². The quantitative estimate of drug-likeness (QED) is 0.671. The van der Waals surface area contributed by atoms with Crippen molar-refractivity contribution in [3.63, 3.8) is 0 Å². The van der Waals surface area contributed by atoms with E-state index in [0.717, 1.165) is 23.1 Å². The van der Waals surface area contributed by atoms with Crippen molar-refractivity contribution >= 4 is 17.7 Å². The van der Waals surface area contributed by atoms with Crippen LogP contribution in [-0.4, -0.2) is 12.0 Å². The Kier molecular flexibility index (Phi) is 6.59. The smallest absolute Gasteiger partial charge is 0.329 e. The molecule has 0 aromatic heterocycles. The molecule has 0 spiro atoms. The highest BCUT2D eigenvalue weighted by atomic mass is 19.3. The Hall–Kier alpha value is -3.40. The molecule has 2 aromatic rings. The van der Waals surface area contributed by atoms with Crippen LogP contribution in [0.1, 0.15) is 66.8 Å². The van der Waals surface area contributed by atoms with Crippen LogP contribution in [0.25, 0.3) is 0 Å². The summed E-state index contributed by atoms with van der Waals surface area (Å²) in [7, 11) is 0. The highest BCUT2D eigenvalue weighted by Gasteiger charge is 2.39. The molecule has 2 atom stereocenters. The maximum absolute atomic E-state index is 12.9. The van der Waals surface area contributed by atoms with Crippen molar-refractivity contribution in [3.8, 4) is 6.07 Å². The average molecular weight is 423 g/mol. The molecule has 0 fully saturated rings. The second kappa shape index (κ2) is 9.17. The normalized spacial score (nSPS) is 19.3. The topological polar surface area (TPSA) is 91.2 Å². The molecule has 162 valence electrons. The number of nitrogens with one attached hydrogen (secondary N) is 2. The molecule has 6 nitrogen and oxygen atoms in total. The fourth-order valence-electron chi connectivity index (χ4n) is 4.37. The standard InChI is InChI=1S/C24H26FN3O3/c1-15-7-10-19-16(2)13-24(3,20(19)11-15)28-23(30)27-21-12-17(14-26)8-9-18(21)5-4-6-22(29)31-25/h7-12,16H,4-6,13H2,1-3H3,(H2,27,28,30)/t16-,24?/m0/s1. The van der Waals surface area contributed by atoms with Crippen molar-refractivity contribution in [2.24, 2.45) is 0 Å². The van der Waals surface area contributed by atoms with Gasteiger partial charge in [0.2, 0.25) is 0 Å². The number of anilines is 1. The van der Waals surface area contributed by atoms with E-state index >= 15 is 0 Å². The lowest BCUT2D eigenvalue weighted by molar-refractivity contribution is -0.183. The van der Waals surface area contributed by atoms with Crippen molar-refractivity contribution in [2.45, 2.75) is 57.9 Å². The van der Waals surface area contributed by atoms with E-state index in [2.05, 4.69) is 46.8 Å². The number of amides is 2. The molecular formula is C24H26FN3O3. The first-order chi connectivity index (χ1) is 14.8. The fourth-order valence-corrected chi connectivity index (χ4v) is 4.37. The highest BCUT2D eigenvalue weighted by Crippen LogP contribution is 2.44. The molecule has 0 bridgehead atoms. The zero-order chi connectivity index (χ0) is 22.6. The summed E-state index contributed by atoms with van der Waals surface area (Å²) in [4.78, 5) is 27.1. The van der Waals surface area contributed by atoms with Crippen LogP contribution < -0.4 is 10.6 Å². The number of urea groups is 1. The summed E-state index contributed by atoms with van der Waals surface area (Å²) >= 11 is 0. The van der Waals surface area contributed by atoms with Gasteiger partial charge in [0.05, 0.1) is 17.2 Å². The van der Waals surface area contributed by atoms with Gasteiger partial charge in [-0.1, -0.05) is 36.8 Å². The lowest BCUT2D eigenvalue weighted by Gasteiger charge is -2.28. The number of halogens is 1. The molecule has 0 radical (unpaired) electrons. The third-order valence-corrected chi connectivity index (χ3v) is 5.84. The molecule has 2 aromatic carbocycles. The van der Waals surface area contributed by atoms with Gasteiger partial charge < -0.3 is 10.6 Å². The maximum atomic E-state index is 12.9. The van der Waals surface area contributed by atoms with Crippen molar-refractivity contribution in [2.75, 3.05) is 5.32 Å². The zero-order valence-electron chi connectivity index (χ0n) is 17.9. The molecule has 3 rings (SSSR count). The van der Waals surface area contributed by atoms with Gasteiger partial charge in [-0.15, -0.1) is 0 Å². The first-order valence-corrected chi connectivity index (χ1v) is 10.3. The zero-order valence-corrected chi connectivity index (χ0v) is 17.9. The third kappa shape index (κ3) is 5.02. The van der Waals surface area contributed by atoms with Crippen LogP contribution >= 0.6 is 0 Å². The van der Waals surface area contributed by atoms with Crippen LogP contribution in [0.4, 0.5) is 15.0 Å². The Morgan fingerprint density at radius 3 is 2.77 bits per heavy atom. The van der Waals surface area contributed by atoms with Gasteiger partial charge >= 0.3 is 12.0 Å². The van der Waals surface area contributed by atoms with E-state index in [0.29, 0.717) is 30.0 Å². The van der Waals surface area contributed by atoms with Gasteiger partial charge in [0.25, 0.3) is 0 Å². The van der Waals surface area contributed by atoms with Gasteiger partial charge in [0, 0.05) is 16.6 Å². The van der Waals surface area contributed by atoms with E-state index in [1.54, 1.807) is 18.2 Å². The van der Waals surface area contributed by atoms with Crippen LogP contribution in [0.2, 0.25) is 0 Å². The Morgan fingerprint density at radius 1 is 1.29 bits per heavy atom. The van der Waals surface area contributed by atoms with Gasteiger partial charge in [-0.2, -0.15) is 5.26 Å². The fraction of sp³-hybridized carbons (Fsp3) is 0.375. The lowest BCUT2D eigenvalue weighted by Crippen LogP contribution is -2.44. The van der Waals surface area contributed by atoms with Gasteiger partial charge in [-0.3, -0.25) is 4.94 Å². The highest BCUT2D eigenvalue weighted by molar-refractivity contribution is 5.91. The van der Waals surface area contributed by atoms with Crippen LogP contribution in [0.5, 0.6) is 0 Å². The molecule has 1 aliphatic carbocycles. The monoisotopic (exact) mass is 423 g/mol. The summed E-state index contributed by atoms with van der Waals surface area (Å²) in [6.45, 7) is 6.20. The predicted octanol–water partition coefficient (Wildman–Crippen LogP) is 5.16. The van der Waals surface area contributed by atoms with Crippen molar-refractivity contribution in [1.29, 1.82) is 5.26 Å². The molecule has 7 heteroatoms. The largest absolute Gasteiger partial charge is 0.348 e. The summed E-state index contributed by atoms with van der Waals surface area (Å²) in [5.41, 5.74) is 4.63. The Labute approximate surface area is 181 Å². The molecule has 0 saturated heterocycles. The second-order valence-corrected chi connectivity index (χ2v) is 8.39. The van der Waals surface area contributed by atoms with E-state index < -0.39 is 11.5 Å². The van der Waals surface area contributed by atoms with Crippen LogP contribution in [0.3, 0.4) is 0 Å². The van der Waals surface area contributed by atoms with E-state index in [-0.39, 0.29) is 12.5 Å². The minimum atomic E-state index is -0.932. The molecule has 2 amide bonds. The SMILES string of the molecule is Cc1ccc2c(c1)C(C)(NC(=O)Nc1cc(C#N)ccc1CCCC(=O)OF)C[C@@H]2C. The van der Waals surface area contributed by atoms with Gasteiger partial charge in [0.1, 0.15) is 0 Å². The number of carbonyl (C=O) groups is 2. The van der Waals surface area contributed by atoms with Gasteiger partial charge in [-0.05, 0) is 67.9 Å². The molecule has 1 aliphatic rings. The van der Waals surface area contributed by atoms with Gasteiger partial charge in [-0.25, -0.2) is 9.59 Å². The van der Waals surface area contributed by atoms with Crippen LogP contribution in [0.15, 0.2) is 36.4 Å². The van der Waals surface area contributed by atoms with Crippen molar-refractivity contribution in [1.82, 2.24) is 5.32 Å². The Bertz CT molecular complexity index is 1050. The van der Waals surface area contributed by atoms with E-state index in [1.165, 1.54) is 5.56 Å². The molecule has 0 aliphatic heterocycles. The third-order valence-electron chi connectivity index (χ3n) is 5.84. The molecule has 2 N–H and O–H groups in total. The number of fused-ring (bicyclic) bond motifs is 1. The second-order valence-electron chi connectivity index (χ2n) is 8.39. The molecule has 1 unspecified atom stereocenters. The predicted molar refractivity (Wildman–Crippen MR) is 115 cm³/mol. The molecule has 0 saturated carbocycles. The van der Waals surface area contributed by atoms with E-state index in [1.807, 2.05) is 13.8 Å². The molecular weight excluding hydrogens is 397 g/mol. The van der Waals surface area contributed by atoms with Crippen LogP contribution in [-0.2, 0) is 21.7 Å². The summed E-state index contributed by atoms with van der Waals surface area (Å²) in [5.74, 6) is -0.605. The first-order valence-electron chi connectivity index (χ1n) is 10.3. The number of nitrogens with zero attached hydrogens (tertiary/aromatic N) is 1. The number of benzene rings is 2. The minimum absolute atomic E-state index is 0.0752. The minimum Gasteiger partial charge on any atom is -0.329 e. The molecule has 0 heterocycles. The Balaban J connectivity index is 1.77. The first kappa shape index (κ1) is 22.3. The number of aryl methyl sites for hydroxylation is 2. The van der Waals surface area contributed by atoms with Gasteiger partial charge in [0.15, 0.2) is 0 Å². The number of hydrogen-bond donors (Lipinski definition) is 2. The molecule has 31 heavy (non-hydrogen) atoms. The van der Waals surface area contributed by atoms with Crippen molar-refractivity contribution in [3.05, 3.63) is 64.2 Å². The number of hydrogen-bond acceptors (Lipinski definition) is 4. The number of nitriles is 1. The average Bonchev–Trinajstić information content (AvgIpc) is 2.97. The number of rotatable bonds is 6. The van der Waals surface area contributed by atoms with Crippen LogP contribution in [0, 0.1) is 18.3 Å². The Morgan fingerprint density at radius 2 is 2.06 bits per heavy atom. The summed E-state index contributed by atoms with van der Waals surface area (Å²) in [5, 5.41) is 15.2. The van der Waals surface area contributed by atoms with E-state index in [4.69, 9.17) is 0 Å². The van der Waals surface area contributed by atoms with E-state index in [9.17, 15) is 19.4 Å². The summed E-state index contributed by atoms with van der Waals surface area (Å²) < 4.78 is 11.9.